The second-order valence-electron chi connectivity index (χ2n) is 7.90. The van der Waals surface area contributed by atoms with Crippen molar-refractivity contribution in [3.63, 3.8) is 0 Å². The number of unbranched alkanes of at least 4 members (excludes halogenated alkanes) is 4. The SMILES string of the molecule is CCCCCC(O)/C=C/[C@H]1CCC(=O)[C@@H]1C/C=C\CCCC(=O)OCCCC. The second-order valence-corrected chi connectivity index (χ2v) is 7.90. The molecule has 0 spiro atoms. The van der Waals surface area contributed by atoms with Gasteiger partial charge in [0.05, 0.1) is 12.7 Å². The summed E-state index contributed by atoms with van der Waals surface area (Å²) in [4.78, 5) is 23.7. The van der Waals surface area contributed by atoms with Gasteiger partial charge in [-0.15, -0.1) is 0 Å². The zero-order valence-electron chi connectivity index (χ0n) is 17.9. The number of aliphatic hydroxyl groups excluding tert-OH is 1. The molecule has 1 saturated carbocycles. The van der Waals surface area contributed by atoms with E-state index in [0.717, 1.165) is 64.2 Å². The largest absolute Gasteiger partial charge is 0.466 e. The van der Waals surface area contributed by atoms with E-state index in [4.69, 9.17) is 4.74 Å². The first-order valence-electron chi connectivity index (χ1n) is 11.3. The molecule has 4 heteroatoms. The van der Waals surface area contributed by atoms with Crippen molar-refractivity contribution in [3.05, 3.63) is 24.3 Å². The van der Waals surface area contributed by atoms with Crippen LogP contribution in [0.4, 0.5) is 0 Å². The monoisotopic (exact) mass is 392 g/mol. The number of allylic oxidation sites excluding steroid dienone is 3. The Bertz CT molecular complexity index is 495. The molecule has 0 amide bonds. The van der Waals surface area contributed by atoms with Crippen molar-refractivity contribution in [2.45, 2.75) is 97.0 Å². The second kappa shape index (κ2) is 15.5. The number of Topliss-reactive ketones (excluding diaryl/α,β-unsaturated/α-hetero) is 1. The summed E-state index contributed by atoms with van der Waals surface area (Å²) in [6.45, 7) is 4.75. The summed E-state index contributed by atoms with van der Waals surface area (Å²) in [7, 11) is 0. The van der Waals surface area contributed by atoms with Crippen molar-refractivity contribution in [3.8, 4) is 0 Å². The number of esters is 1. The fourth-order valence-electron chi connectivity index (χ4n) is 3.57. The minimum atomic E-state index is -0.393. The van der Waals surface area contributed by atoms with Crippen molar-refractivity contribution in [2.24, 2.45) is 11.8 Å². The van der Waals surface area contributed by atoms with E-state index in [1.807, 2.05) is 6.08 Å². The number of hydrogen-bond donors (Lipinski definition) is 1. The fourth-order valence-corrected chi connectivity index (χ4v) is 3.57. The summed E-state index contributed by atoms with van der Waals surface area (Å²) in [5.74, 6) is 0.496. The standard InChI is InChI=1S/C24H40O4/c1-3-5-9-12-21(25)17-15-20-16-18-23(26)22(20)13-10-7-8-11-14-24(27)28-19-6-4-2/h7,10,15,17,20-22,25H,3-6,8-9,11-14,16,18-19H2,1-2H3/b10-7-,17-15+/t20-,21?,22+/m0/s1. The summed E-state index contributed by atoms with van der Waals surface area (Å²) in [5.41, 5.74) is 0. The third kappa shape index (κ3) is 10.8. The van der Waals surface area contributed by atoms with Crippen LogP contribution in [0, 0.1) is 11.8 Å². The maximum absolute atomic E-state index is 12.2. The number of ketones is 1. The van der Waals surface area contributed by atoms with Gasteiger partial charge in [0.25, 0.3) is 0 Å². The Labute approximate surface area is 171 Å². The van der Waals surface area contributed by atoms with E-state index >= 15 is 0 Å². The number of ether oxygens (including phenoxy) is 1. The minimum absolute atomic E-state index is 0.0364. The number of carbonyl (C=O) groups is 2. The first-order chi connectivity index (χ1) is 13.6. The molecule has 0 radical (unpaired) electrons. The molecule has 1 aliphatic carbocycles. The van der Waals surface area contributed by atoms with Gasteiger partial charge in [0, 0.05) is 18.8 Å². The molecule has 0 aromatic rings. The zero-order chi connectivity index (χ0) is 20.6. The van der Waals surface area contributed by atoms with Crippen molar-refractivity contribution in [1.82, 2.24) is 0 Å². The molecule has 3 atom stereocenters. The minimum Gasteiger partial charge on any atom is -0.466 e. The van der Waals surface area contributed by atoms with Gasteiger partial charge in [-0.3, -0.25) is 9.59 Å². The summed E-state index contributed by atoms with van der Waals surface area (Å²) in [6, 6.07) is 0. The summed E-state index contributed by atoms with van der Waals surface area (Å²) >= 11 is 0. The molecular weight excluding hydrogens is 352 g/mol. The third-order valence-corrected chi connectivity index (χ3v) is 5.41. The predicted molar refractivity (Wildman–Crippen MR) is 114 cm³/mol. The van der Waals surface area contributed by atoms with E-state index in [9.17, 15) is 14.7 Å². The van der Waals surface area contributed by atoms with Crippen LogP contribution in [0.2, 0.25) is 0 Å². The maximum atomic E-state index is 12.2. The lowest BCUT2D eigenvalue weighted by Gasteiger charge is -2.13. The molecule has 0 aliphatic heterocycles. The Kier molecular flexibility index (Phi) is 13.6. The molecule has 1 N–H and O–H groups in total. The molecule has 4 nitrogen and oxygen atoms in total. The van der Waals surface area contributed by atoms with E-state index in [1.54, 1.807) is 0 Å². The topological polar surface area (TPSA) is 63.6 Å². The van der Waals surface area contributed by atoms with E-state index in [2.05, 4.69) is 32.1 Å². The third-order valence-electron chi connectivity index (χ3n) is 5.41. The van der Waals surface area contributed by atoms with Gasteiger partial charge in [-0.05, 0) is 44.4 Å². The summed E-state index contributed by atoms with van der Waals surface area (Å²) < 4.78 is 5.14. The fraction of sp³-hybridized carbons (Fsp3) is 0.750. The smallest absolute Gasteiger partial charge is 0.305 e. The van der Waals surface area contributed by atoms with Crippen LogP contribution < -0.4 is 0 Å². The lowest BCUT2D eigenvalue weighted by Crippen LogP contribution is -2.13. The molecule has 1 aliphatic rings. The number of carbonyl (C=O) groups excluding carboxylic acids is 2. The number of aliphatic hydroxyl groups is 1. The first-order valence-corrected chi connectivity index (χ1v) is 11.3. The number of rotatable bonds is 15. The van der Waals surface area contributed by atoms with Crippen LogP contribution in [-0.2, 0) is 14.3 Å². The Balaban J connectivity index is 2.27. The summed E-state index contributed by atoms with van der Waals surface area (Å²) in [6.07, 6.45) is 18.2. The van der Waals surface area contributed by atoms with Crippen molar-refractivity contribution in [1.29, 1.82) is 0 Å². The highest BCUT2D eigenvalue weighted by molar-refractivity contribution is 5.83. The Morgan fingerprint density at radius 3 is 2.71 bits per heavy atom. The van der Waals surface area contributed by atoms with Crippen LogP contribution in [0.1, 0.15) is 90.9 Å². The van der Waals surface area contributed by atoms with Crippen LogP contribution in [0.5, 0.6) is 0 Å². The molecule has 1 unspecified atom stereocenters. The molecule has 0 aromatic heterocycles. The van der Waals surface area contributed by atoms with Gasteiger partial charge in [-0.2, -0.15) is 0 Å². The Morgan fingerprint density at radius 2 is 1.96 bits per heavy atom. The predicted octanol–water partition coefficient (Wildman–Crippen LogP) is 5.54. The zero-order valence-corrected chi connectivity index (χ0v) is 17.9. The van der Waals surface area contributed by atoms with E-state index in [0.29, 0.717) is 25.2 Å². The lowest BCUT2D eigenvalue weighted by molar-refractivity contribution is -0.143. The van der Waals surface area contributed by atoms with Gasteiger partial charge in [-0.25, -0.2) is 0 Å². The molecule has 1 fully saturated rings. The van der Waals surface area contributed by atoms with E-state index in [1.165, 1.54) is 0 Å². The highest BCUT2D eigenvalue weighted by Crippen LogP contribution is 2.33. The van der Waals surface area contributed by atoms with Crippen LogP contribution in [-0.4, -0.2) is 29.6 Å². The van der Waals surface area contributed by atoms with Crippen molar-refractivity contribution in [2.75, 3.05) is 6.61 Å². The van der Waals surface area contributed by atoms with Gasteiger partial charge in [0.2, 0.25) is 0 Å². The average Bonchev–Trinajstić information content (AvgIpc) is 3.03. The Hall–Kier alpha value is -1.42. The molecule has 0 bridgehead atoms. The quantitative estimate of drug-likeness (QED) is 0.226. The molecule has 0 saturated heterocycles. The normalized spacial score (nSPS) is 21.0. The van der Waals surface area contributed by atoms with Gasteiger partial charge >= 0.3 is 5.97 Å². The van der Waals surface area contributed by atoms with Crippen molar-refractivity contribution < 1.29 is 19.4 Å². The molecule has 0 heterocycles. The first kappa shape index (κ1) is 24.6. The van der Waals surface area contributed by atoms with E-state index in [-0.39, 0.29) is 17.8 Å². The molecular formula is C24H40O4. The Morgan fingerprint density at radius 1 is 1.18 bits per heavy atom. The molecule has 0 aromatic carbocycles. The van der Waals surface area contributed by atoms with Crippen LogP contribution in [0.15, 0.2) is 24.3 Å². The van der Waals surface area contributed by atoms with Gasteiger partial charge in [-0.1, -0.05) is 63.8 Å². The maximum Gasteiger partial charge on any atom is 0.305 e. The lowest BCUT2D eigenvalue weighted by atomic mass is 9.91. The number of hydrogen-bond acceptors (Lipinski definition) is 4. The highest BCUT2D eigenvalue weighted by Gasteiger charge is 2.31. The highest BCUT2D eigenvalue weighted by atomic mass is 16.5. The van der Waals surface area contributed by atoms with Gasteiger partial charge in [0.15, 0.2) is 0 Å². The molecule has 160 valence electrons. The molecule has 1 rings (SSSR count). The van der Waals surface area contributed by atoms with Crippen LogP contribution in [0.3, 0.4) is 0 Å². The van der Waals surface area contributed by atoms with Crippen LogP contribution in [0.25, 0.3) is 0 Å². The molecule has 28 heavy (non-hydrogen) atoms. The van der Waals surface area contributed by atoms with Gasteiger partial charge in [0.1, 0.15) is 5.78 Å². The average molecular weight is 393 g/mol. The van der Waals surface area contributed by atoms with Crippen molar-refractivity contribution >= 4 is 11.8 Å². The van der Waals surface area contributed by atoms with Gasteiger partial charge < -0.3 is 9.84 Å². The van der Waals surface area contributed by atoms with Crippen LogP contribution >= 0.6 is 0 Å². The van der Waals surface area contributed by atoms with E-state index < -0.39 is 6.10 Å². The summed E-state index contributed by atoms with van der Waals surface area (Å²) in [5, 5.41) is 10.1.